The Labute approximate surface area is 123 Å². The van der Waals surface area contributed by atoms with Crippen molar-refractivity contribution in [3.05, 3.63) is 35.4 Å². The van der Waals surface area contributed by atoms with E-state index in [9.17, 15) is 18.7 Å². The molecule has 0 fully saturated rings. The van der Waals surface area contributed by atoms with Gasteiger partial charge in [-0.3, -0.25) is 0 Å². The van der Waals surface area contributed by atoms with Crippen molar-refractivity contribution in [1.29, 1.82) is 0 Å². The fraction of sp³-hybridized carbons (Fsp3) is 0.533. The van der Waals surface area contributed by atoms with E-state index in [0.29, 0.717) is 0 Å². The predicted molar refractivity (Wildman–Crippen MR) is 77.0 cm³/mol. The Morgan fingerprint density at radius 1 is 1.29 bits per heavy atom. The first-order valence-corrected chi connectivity index (χ1v) is 6.98. The fourth-order valence-electron chi connectivity index (χ4n) is 1.98. The van der Waals surface area contributed by atoms with Gasteiger partial charge in [-0.25, -0.2) is 13.6 Å². The zero-order valence-electron chi connectivity index (χ0n) is 12.6. The second kappa shape index (κ2) is 7.93. The van der Waals surface area contributed by atoms with Gasteiger partial charge in [-0.05, 0) is 39.3 Å². The minimum absolute atomic E-state index is 0.0376. The molecule has 1 atom stereocenters. The molecule has 4 nitrogen and oxygen atoms in total. The van der Waals surface area contributed by atoms with E-state index in [1.54, 1.807) is 6.92 Å². The maximum absolute atomic E-state index is 13.4. The number of carbonyl (C=O) groups is 1. The number of urea groups is 1. The highest BCUT2D eigenvalue weighted by molar-refractivity contribution is 5.74. The van der Waals surface area contributed by atoms with Crippen molar-refractivity contribution in [3.63, 3.8) is 0 Å². The molecule has 21 heavy (non-hydrogen) atoms. The summed E-state index contributed by atoms with van der Waals surface area (Å²) in [6.45, 7) is 5.59. The van der Waals surface area contributed by atoms with Gasteiger partial charge >= 0.3 is 6.03 Å². The van der Waals surface area contributed by atoms with Crippen LogP contribution in [0.2, 0.25) is 0 Å². The number of aliphatic hydroxyl groups excluding tert-OH is 1. The van der Waals surface area contributed by atoms with E-state index in [1.807, 2.05) is 13.8 Å². The molecule has 2 amide bonds. The second-order valence-electron chi connectivity index (χ2n) is 5.28. The standard InChI is InChI=1S/C15H22F2N2O2/c1-10(2)19(9-11(3)20)15(21)18-8-7-12-13(16)5-4-6-14(12)17/h4-6,10-11,20H,7-9H2,1-3H3,(H,18,21). The zero-order valence-corrected chi connectivity index (χ0v) is 12.6. The number of carbonyl (C=O) groups excluding carboxylic acids is 1. The van der Waals surface area contributed by atoms with Crippen LogP contribution < -0.4 is 5.32 Å². The van der Waals surface area contributed by atoms with Gasteiger partial charge in [-0.2, -0.15) is 0 Å². The molecule has 6 heteroatoms. The molecule has 0 bridgehead atoms. The minimum atomic E-state index is -0.637. The van der Waals surface area contributed by atoms with Crippen molar-refractivity contribution in [3.8, 4) is 0 Å². The topological polar surface area (TPSA) is 52.6 Å². The van der Waals surface area contributed by atoms with Gasteiger partial charge in [0, 0.05) is 24.7 Å². The van der Waals surface area contributed by atoms with Crippen molar-refractivity contribution in [1.82, 2.24) is 10.2 Å². The van der Waals surface area contributed by atoms with Crippen LogP contribution >= 0.6 is 0 Å². The molecule has 118 valence electrons. The number of hydrogen-bond acceptors (Lipinski definition) is 2. The molecule has 0 aliphatic carbocycles. The average molecular weight is 300 g/mol. The van der Waals surface area contributed by atoms with E-state index in [0.717, 1.165) is 0 Å². The number of nitrogens with one attached hydrogen (secondary N) is 1. The van der Waals surface area contributed by atoms with Crippen LogP contribution in [0.1, 0.15) is 26.3 Å². The summed E-state index contributed by atoms with van der Waals surface area (Å²) in [5.74, 6) is -1.23. The molecule has 0 aliphatic rings. The van der Waals surface area contributed by atoms with E-state index < -0.39 is 17.7 Å². The lowest BCUT2D eigenvalue weighted by Crippen LogP contribution is -2.47. The summed E-state index contributed by atoms with van der Waals surface area (Å²) < 4.78 is 26.9. The summed E-state index contributed by atoms with van der Waals surface area (Å²) in [4.78, 5) is 13.5. The van der Waals surface area contributed by atoms with E-state index >= 15 is 0 Å². The van der Waals surface area contributed by atoms with Crippen LogP contribution in [0.5, 0.6) is 0 Å². The molecular weight excluding hydrogens is 278 g/mol. The first-order chi connectivity index (χ1) is 9.82. The average Bonchev–Trinajstić information content (AvgIpc) is 2.38. The molecular formula is C15H22F2N2O2. The summed E-state index contributed by atoms with van der Waals surface area (Å²) in [5, 5.41) is 12.0. The molecule has 1 aromatic carbocycles. The Balaban J connectivity index is 2.56. The molecule has 0 heterocycles. The lowest BCUT2D eigenvalue weighted by atomic mass is 10.1. The molecule has 0 aliphatic heterocycles. The Bertz CT molecular complexity index is 458. The third-order valence-electron chi connectivity index (χ3n) is 3.06. The van der Waals surface area contributed by atoms with Gasteiger partial charge in [0.15, 0.2) is 0 Å². The number of nitrogens with zero attached hydrogens (tertiary/aromatic N) is 1. The summed E-state index contributed by atoms with van der Waals surface area (Å²) in [7, 11) is 0. The fourth-order valence-corrected chi connectivity index (χ4v) is 1.98. The van der Waals surface area contributed by atoms with Crippen molar-refractivity contribution in [2.45, 2.75) is 39.3 Å². The van der Waals surface area contributed by atoms with Gasteiger partial charge in [-0.15, -0.1) is 0 Å². The largest absolute Gasteiger partial charge is 0.392 e. The van der Waals surface area contributed by atoms with Gasteiger partial charge in [0.2, 0.25) is 0 Å². The Hall–Kier alpha value is -1.69. The van der Waals surface area contributed by atoms with E-state index in [2.05, 4.69) is 5.32 Å². The first kappa shape index (κ1) is 17.4. The van der Waals surface area contributed by atoms with Crippen molar-refractivity contribution in [2.75, 3.05) is 13.1 Å². The lowest BCUT2D eigenvalue weighted by Gasteiger charge is -2.28. The van der Waals surface area contributed by atoms with E-state index in [4.69, 9.17) is 0 Å². The number of amides is 2. The Morgan fingerprint density at radius 3 is 2.33 bits per heavy atom. The predicted octanol–water partition coefficient (Wildman–Crippen LogP) is 2.31. The number of halogens is 2. The monoisotopic (exact) mass is 300 g/mol. The number of aliphatic hydroxyl groups is 1. The van der Waals surface area contributed by atoms with Crippen molar-refractivity contribution >= 4 is 6.03 Å². The van der Waals surface area contributed by atoms with Gasteiger partial charge < -0.3 is 15.3 Å². The lowest BCUT2D eigenvalue weighted by molar-refractivity contribution is 0.119. The van der Waals surface area contributed by atoms with E-state index in [1.165, 1.54) is 23.1 Å². The molecule has 0 aromatic heterocycles. The molecule has 0 radical (unpaired) electrons. The normalized spacial score (nSPS) is 12.3. The van der Waals surface area contributed by atoms with Gasteiger partial charge in [0.05, 0.1) is 6.10 Å². The van der Waals surface area contributed by atoms with Gasteiger partial charge in [0.1, 0.15) is 11.6 Å². The van der Waals surface area contributed by atoms with Crippen LogP contribution in [0.25, 0.3) is 0 Å². The maximum atomic E-state index is 13.4. The zero-order chi connectivity index (χ0) is 16.0. The smallest absolute Gasteiger partial charge is 0.317 e. The number of rotatable bonds is 6. The highest BCUT2D eigenvalue weighted by Crippen LogP contribution is 2.12. The van der Waals surface area contributed by atoms with Gasteiger partial charge in [0.25, 0.3) is 0 Å². The molecule has 0 saturated heterocycles. The first-order valence-electron chi connectivity index (χ1n) is 6.98. The molecule has 1 aromatic rings. The Kier molecular flexibility index (Phi) is 6.55. The van der Waals surface area contributed by atoms with Crippen LogP contribution in [-0.4, -0.2) is 41.3 Å². The minimum Gasteiger partial charge on any atom is -0.392 e. The van der Waals surface area contributed by atoms with Crippen LogP contribution in [-0.2, 0) is 6.42 Å². The van der Waals surface area contributed by atoms with E-state index in [-0.39, 0.29) is 37.1 Å². The quantitative estimate of drug-likeness (QED) is 0.847. The third kappa shape index (κ3) is 5.30. The highest BCUT2D eigenvalue weighted by Gasteiger charge is 2.18. The molecule has 2 N–H and O–H groups in total. The summed E-state index contributed by atoms with van der Waals surface area (Å²) in [6.07, 6.45) is -0.563. The summed E-state index contributed by atoms with van der Waals surface area (Å²) in [6, 6.07) is 3.24. The third-order valence-corrected chi connectivity index (χ3v) is 3.06. The van der Waals surface area contributed by atoms with Crippen LogP contribution in [0.4, 0.5) is 13.6 Å². The molecule has 0 saturated carbocycles. The molecule has 0 spiro atoms. The van der Waals surface area contributed by atoms with Crippen LogP contribution in [0.3, 0.4) is 0 Å². The number of hydrogen-bond donors (Lipinski definition) is 2. The highest BCUT2D eigenvalue weighted by atomic mass is 19.1. The van der Waals surface area contributed by atoms with Crippen LogP contribution in [0.15, 0.2) is 18.2 Å². The summed E-state index contributed by atoms with van der Waals surface area (Å²) in [5.41, 5.74) is -0.0376. The molecule has 1 unspecified atom stereocenters. The van der Waals surface area contributed by atoms with Gasteiger partial charge in [-0.1, -0.05) is 6.07 Å². The SMILES string of the molecule is CC(O)CN(C(=O)NCCc1c(F)cccc1F)C(C)C. The molecule has 1 rings (SSSR count). The van der Waals surface area contributed by atoms with Crippen LogP contribution in [0, 0.1) is 11.6 Å². The second-order valence-corrected chi connectivity index (χ2v) is 5.28. The number of benzene rings is 1. The van der Waals surface area contributed by atoms with Crippen molar-refractivity contribution < 1.29 is 18.7 Å². The summed E-state index contributed by atoms with van der Waals surface area (Å²) >= 11 is 0. The van der Waals surface area contributed by atoms with Crippen molar-refractivity contribution in [2.24, 2.45) is 0 Å². The Morgan fingerprint density at radius 2 is 1.86 bits per heavy atom. The maximum Gasteiger partial charge on any atom is 0.317 e.